The lowest BCUT2D eigenvalue weighted by molar-refractivity contribution is -0.150. The topological polar surface area (TPSA) is 26.8 Å². The Kier molecular flexibility index (Phi) is 6.09. The van der Waals surface area contributed by atoms with E-state index in [0.717, 1.165) is 32.4 Å². The van der Waals surface area contributed by atoms with E-state index in [-0.39, 0.29) is 5.91 Å². The van der Waals surface area contributed by atoms with E-state index >= 15 is 0 Å². The Balaban J connectivity index is 1.71. The molecule has 2 rings (SSSR count). The molecule has 2 aliphatic heterocycles. The molecule has 0 aromatic heterocycles. The third kappa shape index (κ3) is 5.12. The Morgan fingerprint density at radius 2 is 1.64 bits per heavy atom. The van der Waals surface area contributed by atoms with Crippen molar-refractivity contribution in [2.75, 3.05) is 45.8 Å². The molecule has 22 heavy (non-hydrogen) atoms. The molecule has 0 unspecified atom stereocenters. The summed E-state index contributed by atoms with van der Waals surface area (Å²) in [7, 11) is 0. The molecule has 2 heterocycles. The molecular formula is C15H26F3N3O. The smallest absolute Gasteiger partial charge is 0.343 e. The fourth-order valence-corrected chi connectivity index (χ4v) is 3.39. The summed E-state index contributed by atoms with van der Waals surface area (Å²) in [5, 5.41) is 0. The fourth-order valence-electron chi connectivity index (χ4n) is 3.39. The van der Waals surface area contributed by atoms with Crippen LogP contribution in [0, 0.1) is 0 Å². The van der Waals surface area contributed by atoms with Gasteiger partial charge < -0.3 is 4.90 Å². The lowest BCUT2D eigenvalue weighted by Gasteiger charge is -2.42. The van der Waals surface area contributed by atoms with Crippen LogP contribution in [0.4, 0.5) is 13.2 Å². The number of likely N-dealkylation sites (tertiary alicyclic amines) is 1. The summed E-state index contributed by atoms with van der Waals surface area (Å²) in [6.07, 6.45) is -0.739. The summed E-state index contributed by atoms with van der Waals surface area (Å²) >= 11 is 0. The lowest BCUT2D eigenvalue weighted by atomic mass is 10.0. The number of nitrogens with zero attached hydrogens (tertiary/aromatic N) is 3. The van der Waals surface area contributed by atoms with Crippen molar-refractivity contribution in [1.82, 2.24) is 14.7 Å². The summed E-state index contributed by atoms with van der Waals surface area (Å²) < 4.78 is 37.1. The third-order valence-electron chi connectivity index (χ3n) is 4.61. The monoisotopic (exact) mass is 321 g/mol. The van der Waals surface area contributed by atoms with Gasteiger partial charge in [0.1, 0.15) is 0 Å². The van der Waals surface area contributed by atoms with Gasteiger partial charge in [-0.2, -0.15) is 13.2 Å². The van der Waals surface area contributed by atoms with Gasteiger partial charge in [0.15, 0.2) is 0 Å². The van der Waals surface area contributed by atoms with Crippen LogP contribution in [-0.2, 0) is 4.79 Å². The van der Waals surface area contributed by atoms with Crippen LogP contribution in [0.1, 0.15) is 32.6 Å². The Morgan fingerprint density at radius 3 is 2.14 bits per heavy atom. The summed E-state index contributed by atoms with van der Waals surface area (Å²) in [6.45, 7) is 5.13. The molecule has 128 valence electrons. The van der Waals surface area contributed by atoms with Crippen molar-refractivity contribution in [3.8, 4) is 0 Å². The highest BCUT2D eigenvalue weighted by molar-refractivity contribution is 5.76. The van der Waals surface area contributed by atoms with Crippen LogP contribution in [0.15, 0.2) is 0 Å². The molecule has 2 saturated heterocycles. The highest BCUT2D eigenvalue weighted by atomic mass is 19.4. The molecule has 4 nitrogen and oxygen atoms in total. The summed E-state index contributed by atoms with van der Waals surface area (Å²) in [5.74, 6) is 0.232. The molecule has 2 aliphatic rings. The van der Waals surface area contributed by atoms with E-state index in [2.05, 4.69) is 4.90 Å². The fraction of sp³-hybridized carbons (Fsp3) is 0.933. The van der Waals surface area contributed by atoms with Crippen LogP contribution in [0.5, 0.6) is 0 Å². The number of halogens is 3. The van der Waals surface area contributed by atoms with Gasteiger partial charge in [0.2, 0.25) is 5.91 Å². The number of rotatable bonds is 4. The second-order valence-corrected chi connectivity index (χ2v) is 6.29. The average Bonchev–Trinajstić information content (AvgIpc) is 2.47. The van der Waals surface area contributed by atoms with Crippen molar-refractivity contribution in [3.63, 3.8) is 0 Å². The minimum Gasteiger partial charge on any atom is -0.343 e. The quantitative estimate of drug-likeness (QED) is 0.792. The maximum Gasteiger partial charge on any atom is 0.401 e. The predicted molar refractivity (Wildman–Crippen MR) is 78.6 cm³/mol. The van der Waals surface area contributed by atoms with Crippen molar-refractivity contribution in [1.29, 1.82) is 0 Å². The molecule has 2 fully saturated rings. The first-order valence-electron chi connectivity index (χ1n) is 8.20. The van der Waals surface area contributed by atoms with E-state index in [1.54, 1.807) is 0 Å². The molecule has 0 N–H and O–H groups in total. The highest BCUT2D eigenvalue weighted by Crippen LogP contribution is 2.21. The summed E-state index contributed by atoms with van der Waals surface area (Å²) in [5.41, 5.74) is 0. The van der Waals surface area contributed by atoms with Crippen LogP contribution in [0.3, 0.4) is 0 Å². The minimum absolute atomic E-state index is 0.232. The van der Waals surface area contributed by atoms with Crippen molar-refractivity contribution in [2.24, 2.45) is 0 Å². The number of amides is 1. The molecule has 0 spiro atoms. The van der Waals surface area contributed by atoms with Gasteiger partial charge in [-0.25, -0.2) is 0 Å². The largest absolute Gasteiger partial charge is 0.401 e. The second kappa shape index (κ2) is 7.64. The van der Waals surface area contributed by atoms with Gasteiger partial charge >= 0.3 is 6.18 Å². The minimum atomic E-state index is -4.10. The molecule has 0 radical (unpaired) electrons. The van der Waals surface area contributed by atoms with E-state index in [9.17, 15) is 18.0 Å². The zero-order chi connectivity index (χ0) is 16.2. The zero-order valence-corrected chi connectivity index (χ0v) is 13.2. The second-order valence-electron chi connectivity index (χ2n) is 6.29. The van der Waals surface area contributed by atoms with Gasteiger partial charge in [-0.1, -0.05) is 6.92 Å². The summed E-state index contributed by atoms with van der Waals surface area (Å²) in [6, 6.07) is 0.415. The van der Waals surface area contributed by atoms with E-state index < -0.39 is 12.7 Å². The molecule has 0 saturated carbocycles. The van der Waals surface area contributed by atoms with Crippen LogP contribution < -0.4 is 0 Å². The molecule has 7 heteroatoms. The van der Waals surface area contributed by atoms with Crippen molar-refractivity contribution < 1.29 is 18.0 Å². The highest BCUT2D eigenvalue weighted by Gasteiger charge is 2.34. The van der Waals surface area contributed by atoms with Gasteiger partial charge in [0, 0.05) is 51.7 Å². The Bertz CT molecular complexity index is 360. The maximum atomic E-state index is 12.4. The zero-order valence-electron chi connectivity index (χ0n) is 13.2. The number of carbonyl (C=O) groups excluding carboxylic acids is 1. The van der Waals surface area contributed by atoms with Gasteiger partial charge in [-0.05, 0) is 19.3 Å². The van der Waals surface area contributed by atoms with Gasteiger partial charge in [0.05, 0.1) is 6.54 Å². The maximum absolute atomic E-state index is 12.4. The number of piperidine rings is 1. The van der Waals surface area contributed by atoms with Crippen LogP contribution in [-0.4, -0.2) is 78.6 Å². The first kappa shape index (κ1) is 17.5. The molecule has 0 atom stereocenters. The van der Waals surface area contributed by atoms with Crippen LogP contribution >= 0.6 is 0 Å². The standard InChI is InChI=1S/C15H26F3N3O/c1-2-3-14(22)21-6-4-13(5-7-21)20-10-8-19(9-11-20)12-15(16,17)18/h13H,2-12H2,1H3. The number of hydrogen-bond donors (Lipinski definition) is 0. The number of alkyl halides is 3. The third-order valence-corrected chi connectivity index (χ3v) is 4.61. The molecule has 0 aromatic carbocycles. The molecule has 0 bridgehead atoms. The van der Waals surface area contributed by atoms with Crippen molar-refractivity contribution >= 4 is 5.91 Å². The van der Waals surface area contributed by atoms with E-state index in [0.29, 0.717) is 38.6 Å². The first-order chi connectivity index (χ1) is 10.4. The van der Waals surface area contributed by atoms with Crippen LogP contribution in [0.25, 0.3) is 0 Å². The number of carbonyl (C=O) groups is 1. The first-order valence-corrected chi connectivity index (χ1v) is 8.20. The predicted octanol–water partition coefficient (Wildman–Crippen LogP) is 1.96. The van der Waals surface area contributed by atoms with Gasteiger partial charge in [-0.3, -0.25) is 14.6 Å². The Labute approximate surface area is 130 Å². The normalized spacial score (nSPS) is 23.0. The van der Waals surface area contributed by atoms with Gasteiger partial charge in [-0.15, -0.1) is 0 Å². The summed E-state index contributed by atoms with van der Waals surface area (Å²) in [4.78, 5) is 17.6. The molecule has 0 aromatic rings. The molecule has 0 aliphatic carbocycles. The van der Waals surface area contributed by atoms with E-state index in [1.807, 2.05) is 11.8 Å². The van der Waals surface area contributed by atoms with Crippen molar-refractivity contribution in [3.05, 3.63) is 0 Å². The lowest BCUT2D eigenvalue weighted by Crippen LogP contribution is -2.54. The van der Waals surface area contributed by atoms with E-state index in [1.165, 1.54) is 4.90 Å². The van der Waals surface area contributed by atoms with Crippen LogP contribution in [0.2, 0.25) is 0 Å². The Hall–Kier alpha value is -0.820. The SMILES string of the molecule is CCCC(=O)N1CCC(N2CCN(CC(F)(F)F)CC2)CC1. The van der Waals surface area contributed by atoms with E-state index in [4.69, 9.17) is 0 Å². The number of hydrogen-bond acceptors (Lipinski definition) is 3. The average molecular weight is 321 g/mol. The number of piperazine rings is 1. The van der Waals surface area contributed by atoms with Crippen molar-refractivity contribution in [2.45, 2.75) is 44.8 Å². The molecular weight excluding hydrogens is 295 g/mol. The Morgan fingerprint density at radius 1 is 1.05 bits per heavy atom. The molecule has 1 amide bonds. The van der Waals surface area contributed by atoms with Gasteiger partial charge in [0.25, 0.3) is 0 Å².